The Balaban J connectivity index is 3.40. The second kappa shape index (κ2) is 9.83. The minimum Gasteiger partial charge on any atom is -0.466 e. The van der Waals surface area contributed by atoms with E-state index in [1.807, 2.05) is 6.92 Å². The second-order valence-electron chi connectivity index (χ2n) is 3.02. The first-order valence-electron chi connectivity index (χ1n) is 5.12. The average Bonchev–Trinajstić information content (AvgIpc) is 2.24. The van der Waals surface area contributed by atoms with Crippen LogP contribution in [0.25, 0.3) is 0 Å². The molecule has 0 atom stereocenters. The van der Waals surface area contributed by atoms with Gasteiger partial charge in [0.05, 0.1) is 19.4 Å². The molecule has 0 aromatic rings. The summed E-state index contributed by atoms with van der Waals surface area (Å²) in [5.41, 5.74) is 0. The number of esters is 2. The van der Waals surface area contributed by atoms with Crippen molar-refractivity contribution < 1.29 is 19.1 Å². The number of rotatable bonds is 8. The van der Waals surface area contributed by atoms with Crippen molar-refractivity contribution >= 4 is 24.6 Å². The van der Waals surface area contributed by atoms with Crippen molar-refractivity contribution in [3.8, 4) is 0 Å². The highest BCUT2D eigenvalue weighted by Gasteiger charge is 2.08. The summed E-state index contributed by atoms with van der Waals surface area (Å²) in [6.07, 6.45) is 2.01. The van der Waals surface area contributed by atoms with Gasteiger partial charge in [-0.2, -0.15) is 12.6 Å². The molecule has 0 aliphatic heterocycles. The summed E-state index contributed by atoms with van der Waals surface area (Å²) in [5.74, 6) is -0.227. The minimum absolute atomic E-state index is 0.0821. The van der Waals surface area contributed by atoms with Crippen molar-refractivity contribution in [2.45, 2.75) is 32.6 Å². The maximum atomic E-state index is 11.1. The standard InChI is InChI=1S/C10H18O4S/c1-2-3-6-13-9(11)4-5-10(12)14-7-8-15/h15H,2-8H2,1H3. The lowest BCUT2D eigenvalue weighted by atomic mass is 10.3. The van der Waals surface area contributed by atoms with Crippen molar-refractivity contribution in [1.29, 1.82) is 0 Å². The summed E-state index contributed by atoms with van der Waals surface area (Å²) in [6, 6.07) is 0. The number of hydrogen-bond acceptors (Lipinski definition) is 5. The predicted octanol–water partition coefficient (Wildman–Crippen LogP) is 1.58. The SMILES string of the molecule is CCCCOC(=O)CCC(=O)OCCS. The van der Waals surface area contributed by atoms with Gasteiger partial charge in [-0.05, 0) is 6.42 Å². The Labute approximate surface area is 95.7 Å². The van der Waals surface area contributed by atoms with Gasteiger partial charge >= 0.3 is 11.9 Å². The fraction of sp³-hybridized carbons (Fsp3) is 0.800. The zero-order chi connectivity index (χ0) is 11.5. The van der Waals surface area contributed by atoms with Crippen LogP contribution in [0.3, 0.4) is 0 Å². The second-order valence-corrected chi connectivity index (χ2v) is 3.47. The molecule has 0 spiro atoms. The zero-order valence-corrected chi connectivity index (χ0v) is 9.92. The average molecular weight is 234 g/mol. The summed E-state index contributed by atoms with van der Waals surface area (Å²) in [5, 5.41) is 0. The highest BCUT2D eigenvalue weighted by molar-refractivity contribution is 7.80. The van der Waals surface area contributed by atoms with Crippen molar-refractivity contribution in [2.24, 2.45) is 0 Å². The largest absolute Gasteiger partial charge is 0.466 e. The zero-order valence-electron chi connectivity index (χ0n) is 9.03. The van der Waals surface area contributed by atoms with Crippen LogP contribution in [-0.2, 0) is 19.1 Å². The van der Waals surface area contributed by atoms with Crippen LogP contribution in [0.1, 0.15) is 32.6 Å². The van der Waals surface area contributed by atoms with Crippen LogP contribution in [0.2, 0.25) is 0 Å². The van der Waals surface area contributed by atoms with Crippen LogP contribution in [0, 0.1) is 0 Å². The van der Waals surface area contributed by atoms with Gasteiger partial charge in [0, 0.05) is 5.75 Å². The quantitative estimate of drug-likeness (QED) is 0.393. The molecule has 0 fully saturated rings. The summed E-state index contributed by atoms with van der Waals surface area (Å²) >= 11 is 3.89. The van der Waals surface area contributed by atoms with Gasteiger partial charge < -0.3 is 9.47 Å². The molecule has 0 aromatic heterocycles. The first-order valence-corrected chi connectivity index (χ1v) is 5.76. The number of ether oxygens (including phenoxy) is 2. The monoisotopic (exact) mass is 234 g/mol. The maximum Gasteiger partial charge on any atom is 0.306 e. The molecule has 0 heterocycles. The lowest BCUT2D eigenvalue weighted by Gasteiger charge is -2.04. The number of carbonyl (C=O) groups is 2. The van der Waals surface area contributed by atoms with E-state index in [1.165, 1.54) is 0 Å². The summed E-state index contributed by atoms with van der Waals surface area (Å²) in [6.45, 7) is 2.73. The van der Waals surface area contributed by atoms with E-state index >= 15 is 0 Å². The molecule has 15 heavy (non-hydrogen) atoms. The minimum atomic E-state index is -0.378. The van der Waals surface area contributed by atoms with Crippen LogP contribution in [0.5, 0.6) is 0 Å². The molecule has 0 aliphatic carbocycles. The Kier molecular flexibility index (Phi) is 9.36. The molecular formula is C10H18O4S. The lowest BCUT2D eigenvalue weighted by Crippen LogP contribution is -2.11. The van der Waals surface area contributed by atoms with Gasteiger partial charge in [-0.25, -0.2) is 0 Å². The Morgan fingerprint density at radius 2 is 1.60 bits per heavy atom. The Morgan fingerprint density at radius 1 is 1.07 bits per heavy atom. The van der Waals surface area contributed by atoms with Crippen LogP contribution >= 0.6 is 12.6 Å². The molecule has 4 nitrogen and oxygen atoms in total. The van der Waals surface area contributed by atoms with Crippen LogP contribution in [-0.4, -0.2) is 30.9 Å². The molecular weight excluding hydrogens is 216 g/mol. The van der Waals surface area contributed by atoms with Crippen LogP contribution in [0.15, 0.2) is 0 Å². The van der Waals surface area contributed by atoms with E-state index < -0.39 is 0 Å². The van der Waals surface area contributed by atoms with Gasteiger partial charge in [0.25, 0.3) is 0 Å². The van der Waals surface area contributed by atoms with E-state index in [4.69, 9.17) is 9.47 Å². The maximum absolute atomic E-state index is 11.1. The molecule has 0 amide bonds. The third-order valence-corrected chi connectivity index (χ3v) is 1.83. The number of carbonyl (C=O) groups excluding carboxylic acids is 2. The molecule has 0 bridgehead atoms. The van der Waals surface area contributed by atoms with E-state index in [9.17, 15) is 9.59 Å². The molecule has 0 saturated heterocycles. The molecule has 0 rings (SSSR count). The Bertz CT molecular complexity index is 194. The molecule has 0 radical (unpaired) electrons. The third-order valence-electron chi connectivity index (χ3n) is 1.65. The van der Waals surface area contributed by atoms with Crippen LogP contribution < -0.4 is 0 Å². The van der Waals surface area contributed by atoms with E-state index in [0.717, 1.165) is 12.8 Å². The summed E-state index contributed by atoms with van der Waals surface area (Å²) < 4.78 is 9.62. The first kappa shape index (κ1) is 14.3. The topological polar surface area (TPSA) is 52.6 Å². The van der Waals surface area contributed by atoms with Gasteiger partial charge in [0.15, 0.2) is 0 Å². The highest BCUT2D eigenvalue weighted by Crippen LogP contribution is 1.97. The number of hydrogen-bond donors (Lipinski definition) is 1. The number of unbranched alkanes of at least 4 members (excludes halogenated alkanes) is 1. The van der Waals surface area contributed by atoms with E-state index in [2.05, 4.69) is 12.6 Å². The molecule has 0 N–H and O–H groups in total. The molecule has 0 aromatic carbocycles. The fourth-order valence-corrected chi connectivity index (χ4v) is 0.930. The molecule has 88 valence electrons. The lowest BCUT2D eigenvalue weighted by molar-refractivity contribution is -0.150. The van der Waals surface area contributed by atoms with E-state index in [1.54, 1.807) is 0 Å². The normalized spacial score (nSPS) is 9.73. The van der Waals surface area contributed by atoms with E-state index in [0.29, 0.717) is 12.4 Å². The third kappa shape index (κ3) is 9.59. The molecule has 5 heteroatoms. The van der Waals surface area contributed by atoms with Gasteiger partial charge in [0.2, 0.25) is 0 Å². The Hall–Kier alpha value is -0.710. The first-order chi connectivity index (χ1) is 7.20. The van der Waals surface area contributed by atoms with Crippen molar-refractivity contribution in [2.75, 3.05) is 19.0 Å². The van der Waals surface area contributed by atoms with Crippen LogP contribution in [0.4, 0.5) is 0 Å². The smallest absolute Gasteiger partial charge is 0.306 e. The fourth-order valence-electron chi connectivity index (χ4n) is 0.838. The van der Waals surface area contributed by atoms with E-state index in [-0.39, 0.29) is 31.4 Å². The van der Waals surface area contributed by atoms with Gasteiger partial charge in [0.1, 0.15) is 6.61 Å². The summed E-state index contributed by atoms with van der Waals surface area (Å²) in [4.78, 5) is 22.0. The number of thiol groups is 1. The molecule has 0 saturated carbocycles. The molecule has 0 aliphatic rings. The van der Waals surface area contributed by atoms with Gasteiger partial charge in [-0.15, -0.1) is 0 Å². The van der Waals surface area contributed by atoms with Crippen molar-refractivity contribution in [3.05, 3.63) is 0 Å². The Morgan fingerprint density at radius 3 is 2.07 bits per heavy atom. The van der Waals surface area contributed by atoms with Gasteiger partial charge in [-0.1, -0.05) is 13.3 Å². The van der Waals surface area contributed by atoms with Crippen molar-refractivity contribution in [1.82, 2.24) is 0 Å². The van der Waals surface area contributed by atoms with Crippen molar-refractivity contribution in [3.63, 3.8) is 0 Å². The predicted molar refractivity (Wildman–Crippen MR) is 59.9 cm³/mol. The summed E-state index contributed by atoms with van der Waals surface area (Å²) in [7, 11) is 0. The highest BCUT2D eigenvalue weighted by atomic mass is 32.1. The van der Waals surface area contributed by atoms with Gasteiger partial charge in [-0.3, -0.25) is 9.59 Å². The molecule has 0 unspecified atom stereocenters.